The smallest absolute Gasteiger partial charge is 0.226 e. The number of carbonyl (C=O) groups is 1. The minimum absolute atomic E-state index is 0. The van der Waals surface area contributed by atoms with Gasteiger partial charge in [-0.05, 0) is 38.1 Å². The largest absolute Gasteiger partial charge is 0.491 e. The highest BCUT2D eigenvalue weighted by Gasteiger charge is 2.22. The Hall–Kier alpha value is -1.04. The lowest BCUT2D eigenvalue weighted by atomic mass is 10.1. The van der Waals surface area contributed by atoms with Crippen molar-refractivity contribution in [2.24, 2.45) is 0 Å². The van der Waals surface area contributed by atoms with Gasteiger partial charge in [0.15, 0.2) is 0 Å². The van der Waals surface area contributed by atoms with Crippen LogP contribution in [0, 0.1) is 5.82 Å². The van der Waals surface area contributed by atoms with E-state index in [0.29, 0.717) is 18.2 Å². The van der Waals surface area contributed by atoms with Crippen LogP contribution in [-0.4, -0.2) is 43.6 Å². The molecule has 0 bridgehead atoms. The van der Waals surface area contributed by atoms with E-state index in [4.69, 9.17) is 16.3 Å². The average Bonchev–Trinajstić information content (AvgIpc) is 2.49. The van der Waals surface area contributed by atoms with Gasteiger partial charge in [-0.1, -0.05) is 11.6 Å². The molecule has 0 saturated carbocycles. The zero-order valence-corrected chi connectivity index (χ0v) is 14.1. The molecule has 0 aromatic heterocycles. The molecule has 1 aromatic rings. The lowest BCUT2D eigenvalue weighted by Gasteiger charge is -2.32. The van der Waals surface area contributed by atoms with E-state index >= 15 is 0 Å². The number of rotatable bonds is 5. The van der Waals surface area contributed by atoms with E-state index in [1.54, 1.807) is 0 Å². The Kier molecular flexibility index (Phi) is 7.93. The molecule has 0 radical (unpaired) electrons. The number of carbonyl (C=O) groups excluding carboxylic acids is 1. The lowest BCUT2D eigenvalue weighted by Crippen LogP contribution is -2.47. The number of halogens is 3. The molecule has 1 unspecified atom stereocenters. The van der Waals surface area contributed by atoms with Crippen LogP contribution in [0.15, 0.2) is 18.2 Å². The van der Waals surface area contributed by atoms with Gasteiger partial charge in [-0.3, -0.25) is 4.79 Å². The minimum atomic E-state index is -0.408. The summed E-state index contributed by atoms with van der Waals surface area (Å²) in [7, 11) is 1.91. The maximum absolute atomic E-state index is 12.9. The molecule has 1 atom stereocenters. The Labute approximate surface area is 141 Å². The molecule has 0 aliphatic carbocycles. The van der Waals surface area contributed by atoms with Gasteiger partial charge in [0.05, 0.1) is 18.1 Å². The predicted octanol–water partition coefficient (Wildman–Crippen LogP) is 2.88. The van der Waals surface area contributed by atoms with E-state index < -0.39 is 5.82 Å². The van der Waals surface area contributed by atoms with Crippen LogP contribution < -0.4 is 10.1 Å². The summed E-state index contributed by atoms with van der Waals surface area (Å²) in [5.74, 6) is 0.0700. The van der Waals surface area contributed by atoms with Gasteiger partial charge in [0, 0.05) is 19.1 Å². The van der Waals surface area contributed by atoms with Crippen LogP contribution >= 0.6 is 24.0 Å². The second kappa shape index (κ2) is 9.18. The Bertz CT molecular complexity index is 502. The minimum Gasteiger partial charge on any atom is -0.491 e. The number of amides is 1. The third-order valence-electron chi connectivity index (χ3n) is 3.65. The molecular formula is C15H21Cl2FN2O2. The molecule has 1 saturated heterocycles. The van der Waals surface area contributed by atoms with Gasteiger partial charge >= 0.3 is 0 Å². The van der Waals surface area contributed by atoms with Crippen molar-refractivity contribution in [1.29, 1.82) is 0 Å². The third kappa shape index (κ3) is 5.30. The zero-order chi connectivity index (χ0) is 15.2. The quantitative estimate of drug-likeness (QED) is 0.887. The van der Waals surface area contributed by atoms with Gasteiger partial charge in [0.2, 0.25) is 5.91 Å². The van der Waals surface area contributed by atoms with Crippen molar-refractivity contribution in [3.8, 4) is 5.75 Å². The van der Waals surface area contributed by atoms with Gasteiger partial charge in [0.1, 0.15) is 11.6 Å². The fraction of sp³-hybridized carbons (Fsp3) is 0.533. The Morgan fingerprint density at radius 1 is 1.55 bits per heavy atom. The summed E-state index contributed by atoms with van der Waals surface area (Å²) in [5, 5.41) is 3.42. The van der Waals surface area contributed by atoms with Gasteiger partial charge in [-0.2, -0.15) is 0 Å². The summed E-state index contributed by atoms with van der Waals surface area (Å²) in [4.78, 5) is 14.0. The number of likely N-dealkylation sites (N-methyl/N-ethyl adjacent to an activating group) is 1. The van der Waals surface area contributed by atoms with Crippen molar-refractivity contribution in [2.75, 3.05) is 26.7 Å². The molecular weight excluding hydrogens is 330 g/mol. The van der Waals surface area contributed by atoms with E-state index in [1.807, 2.05) is 11.9 Å². The molecule has 1 aromatic carbocycles. The van der Waals surface area contributed by atoms with Crippen LogP contribution in [0.25, 0.3) is 0 Å². The van der Waals surface area contributed by atoms with E-state index in [1.165, 1.54) is 18.2 Å². The second-order valence-electron chi connectivity index (χ2n) is 5.14. The SMILES string of the molecule is CNC1CCCN(C(=O)CCOc2ccc(F)cc2Cl)C1.Cl. The number of piperidine rings is 1. The molecule has 22 heavy (non-hydrogen) atoms. The van der Waals surface area contributed by atoms with Crippen LogP contribution in [-0.2, 0) is 4.79 Å². The molecule has 1 aliphatic heterocycles. The van der Waals surface area contributed by atoms with Crippen LogP contribution in [0.3, 0.4) is 0 Å². The maximum atomic E-state index is 12.9. The normalized spacial score (nSPS) is 17.8. The van der Waals surface area contributed by atoms with Crippen LogP contribution in [0.2, 0.25) is 5.02 Å². The molecule has 0 spiro atoms. The molecule has 1 heterocycles. The van der Waals surface area contributed by atoms with E-state index in [2.05, 4.69) is 5.32 Å². The van der Waals surface area contributed by atoms with Gasteiger partial charge in [0.25, 0.3) is 0 Å². The van der Waals surface area contributed by atoms with E-state index in [9.17, 15) is 9.18 Å². The van der Waals surface area contributed by atoms with Crippen molar-refractivity contribution in [1.82, 2.24) is 10.2 Å². The fourth-order valence-electron chi connectivity index (χ4n) is 2.44. The number of ether oxygens (including phenoxy) is 1. The first-order valence-corrected chi connectivity index (χ1v) is 7.51. The van der Waals surface area contributed by atoms with Crippen LogP contribution in [0.4, 0.5) is 4.39 Å². The van der Waals surface area contributed by atoms with Crippen LogP contribution in [0.5, 0.6) is 5.75 Å². The van der Waals surface area contributed by atoms with E-state index in [-0.39, 0.29) is 29.9 Å². The number of likely N-dealkylation sites (tertiary alicyclic amines) is 1. The standard InChI is InChI=1S/C15H20ClFN2O2.ClH/c1-18-12-3-2-7-19(10-12)15(20)6-8-21-14-5-4-11(17)9-13(14)16;/h4-5,9,12,18H,2-3,6-8,10H2,1H3;1H. The molecule has 1 amide bonds. The Morgan fingerprint density at radius 3 is 3.00 bits per heavy atom. The Balaban J connectivity index is 0.00000242. The first-order valence-electron chi connectivity index (χ1n) is 7.13. The summed E-state index contributed by atoms with van der Waals surface area (Å²) in [6.07, 6.45) is 2.41. The molecule has 1 aliphatic rings. The topological polar surface area (TPSA) is 41.6 Å². The monoisotopic (exact) mass is 350 g/mol. The molecule has 2 rings (SSSR count). The van der Waals surface area contributed by atoms with Gasteiger partial charge in [-0.15, -0.1) is 12.4 Å². The van der Waals surface area contributed by atoms with Crippen molar-refractivity contribution in [3.63, 3.8) is 0 Å². The number of nitrogens with zero attached hydrogens (tertiary/aromatic N) is 1. The summed E-state index contributed by atoms with van der Waals surface area (Å²) in [6.45, 7) is 1.78. The van der Waals surface area contributed by atoms with Crippen molar-refractivity contribution >= 4 is 29.9 Å². The predicted molar refractivity (Wildman–Crippen MR) is 87.4 cm³/mol. The summed E-state index contributed by atoms with van der Waals surface area (Å²) in [5.41, 5.74) is 0. The lowest BCUT2D eigenvalue weighted by molar-refractivity contribution is -0.133. The van der Waals surface area contributed by atoms with Crippen LogP contribution in [0.1, 0.15) is 19.3 Å². The Morgan fingerprint density at radius 2 is 2.32 bits per heavy atom. The molecule has 1 fully saturated rings. The molecule has 124 valence electrons. The van der Waals surface area contributed by atoms with E-state index in [0.717, 1.165) is 25.9 Å². The third-order valence-corrected chi connectivity index (χ3v) is 3.95. The highest BCUT2D eigenvalue weighted by Crippen LogP contribution is 2.25. The second-order valence-corrected chi connectivity index (χ2v) is 5.55. The molecule has 4 nitrogen and oxygen atoms in total. The molecule has 7 heteroatoms. The van der Waals surface area contributed by atoms with Crippen molar-refractivity contribution < 1.29 is 13.9 Å². The highest BCUT2D eigenvalue weighted by atomic mass is 35.5. The highest BCUT2D eigenvalue weighted by molar-refractivity contribution is 6.32. The number of nitrogens with one attached hydrogen (secondary N) is 1. The van der Waals surface area contributed by atoms with Crippen molar-refractivity contribution in [3.05, 3.63) is 29.0 Å². The van der Waals surface area contributed by atoms with Gasteiger partial charge < -0.3 is 15.0 Å². The average molecular weight is 351 g/mol. The summed E-state index contributed by atoms with van der Waals surface area (Å²) in [6, 6.07) is 4.32. The number of hydrogen-bond acceptors (Lipinski definition) is 3. The number of hydrogen-bond donors (Lipinski definition) is 1. The summed E-state index contributed by atoms with van der Waals surface area (Å²) < 4.78 is 18.3. The summed E-state index contributed by atoms with van der Waals surface area (Å²) >= 11 is 5.86. The van der Waals surface area contributed by atoms with Crippen molar-refractivity contribution in [2.45, 2.75) is 25.3 Å². The molecule has 1 N–H and O–H groups in total. The fourth-order valence-corrected chi connectivity index (χ4v) is 2.66. The zero-order valence-electron chi connectivity index (χ0n) is 12.5. The maximum Gasteiger partial charge on any atom is 0.226 e. The first-order chi connectivity index (χ1) is 10.1. The first kappa shape index (κ1) is 19.0. The number of benzene rings is 1. The van der Waals surface area contributed by atoms with Gasteiger partial charge in [-0.25, -0.2) is 4.39 Å².